The molecule has 0 atom stereocenters. The van der Waals surface area contributed by atoms with Crippen molar-refractivity contribution in [2.75, 3.05) is 7.11 Å². The molecule has 7 nitrogen and oxygen atoms in total. The third-order valence-electron chi connectivity index (χ3n) is 3.53. The standard InChI is InChI=1S/C17H11NO6/c1-23-17(20)14-15(19)12-4-2-3-5-13(12)24-16(14)10-6-8-11(9-7-10)18(21)22/h2-9H,1H3. The Labute approximate surface area is 135 Å². The van der Waals surface area contributed by atoms with Crippen molar-refractivity contribution in [3.8, 4) is 11.3 Å². The molecule has 0 saturated heterocycles. The Balaban J connectivity index is 2.31. The Morgan fingerprint density at radius 2 is 1.79 bits per heavy atom. The maximum absolute atomic E-state index is 12.6. The van der Waals surface area contributed by atoms with E-state index < -0.39 is 16.3 Å². The van der Waals surface area contributed by atoms with Gasteiger partial charge in [0.05, 0.1) is 17.4 Å². The molecule has 24 heavy (non-hydrogen) atoms. The van der Waals surface area contributed by atoms with Crippen LogP contribution in [0.1, 0.15) is 10.4 Å². The van der Waals surface area contributed by atoms with E-state index in [0.29, 0.717) is 11.1 Å². The summed E-state index contributed by atoms with van der Waals surface area (Å²) < 4.78 is 10.4. The van der Waals surface area contributed by atoms with Gasteiger partial charge < -0.3 is 9.15 Å². The first-order valence-corrected chi connectivity index (χ1v) is 6.92. The van der Waals surface area contributed by atoms with Gasteiger partial charge in [-0.05, 0) is 24.3 Å². The molecule has 0 N–H and O–H groups in total. The van der Waals surface area contributed by atoms with Crippen LogP contribution in [0.2, 0.25) is 0 Å². The van der Waals surface area contributed by atoms with Crippen molar-refractivity contribution in [3.63, 3.8) is 0 Å². The zero-order valence-electron chi connectivity index (χ0n) is 12.5. The van der Waals surface area contributed by atoms with Crippen LogP contribution in [0.5, 0.6) is 0 Å². The van der Waals surface area contributed by atoms with Gasteiger partial charge in [-0.1, -0.05) is 12.1 Å². The molecule has 0 radical (unpaired) electrons. The fourth-order valence-corrected chi connectivity index (χ4v) is 2.37. The van der Waals surface area contributed by atoms with Crippen LogP contribution < -0.4 is 5.43 Å². The van der Waals surface area contributed by atoms with Crippen LogP contribution >= 0.6 is 0 Å². The average molecular weight is 325 g/mol. The number of benzene rings is 2. The monoisotopic (exact) mass is 325 g/mol. The number of hydrogen-bond acceptors (Lipinski definition) is 6. The van der Waals surface area contributed by atoms with Crippen molar-refractivity contribution in [2.24, 2.45) is 0 Å². The minimum Gasteiger partial charge on any atom is -0.465 e. The van der Waals surface area contributed by atoms with Crippen LogP contribution in [0.15, 0.2) is 57.7 Å². The molecule has 0 aliphatic heterocycles. The van der Waals surface area contributed by atoms with Crippen molar-refractivity contribution in [3.05, 3.63) is 74.4 Å². The Kier molecular flexibility index (Phi) is 3.83. The molecule has 3 aromatic rings. The number of para-hydroxylation sites is 1. The molecule has 1 heterocycles. The number of non-ortho nitro benzene ring substituents is 1. The van der Waals surface area contributed by atoms with Crippen molar-refractivity contribution >= 4 is 22.6 Å². The first kappa shape index (κ1) is 15.4. The van der Waals surface area contributed by atoms with Crippen LogP contribution in [0, 0.1) is 10.1 Å². The number of nitro groups is 1. The molecule has 0 aliphatic rings. The van der Waals surface area contributed by atoms with Crippen LogP contribution in [0.25, 0.3) is 22.3 Å². The lowest BCUT2D eigenvalue weighted by atomic mass is 10.0. The number of nitro benzene ring substituents is 1. The predicted octanol–water partition coefficient (Wildman–Crippen LogP) is 3.15. The number of carbonyl (C=O) groups excluding carboxylic acids is 1. The molecule has 0 bridgehead atoms. The van der Waals surface area contributed by atoms with Crippen LogP contribution in [0.4, 0.5) is 5.69 Å². The van der Waals surface area contributed by atoms with E-state index in [0.717, 1.165) is 7.11 Å². The van der Waals surface area contributed by atoms with Crippen molar-refractivity contribution in [2.45, 2.75) is 0 Å². The molecular formula is C17H11NO6. The Morgan fingerprint density at radius 3 is 2.42 bits per heavy atom. The van der Waals surface area contributed by atoms with E-state index in [-0.39, 0.29) is 22.4 Å². The van der Waals surface area contributed by atoms with E-state index in [1.807, 2.05) is 0 Å². The Hall–Kier alpha value is -3.48. The summed E-state index contributed by atoms with van der Waals surface area (Å²) in [7, 11) is 1.16. The van der Waals surface area contributed by atoms with Gasteiger partial charge in [0, 0.05) is 17.7 Å². The molecule has 120 valence electrons. The number of nitrogens with zero attached hydrogens (tertiary/aromatic N) is 1. The van der Waals surface area contributed by atoms with Gasteiger partial charge in [-0.25, -0.2) is 4.79 Å². The highest BCUT2D eigenvalue weighted by Crippen LogP contribution is 2.28. The van der Waals surface area contributed by atoms with Gasteiger partial charge in [-0.2, -0.15) is 0 Å². The molecule has 0 fully saturated rings. The first-order chi connectivity index (χ1) is 11.5. The number of rotatable bonds is 3. The van der Waals surface area contributed by atoms with E-state index in [2.05, 4.69) is 4.74 Å². The largest absolute Gasteiger partial charge is 0.465 e. The summed E-state index contributed by atoms with van der Waals surface area (Å²) in [4.78, 5) is 34.9. The lowest BCUT2D eigenvalue weighted by Gasteiger charge is -2.08. The average Bonchev–Trinajstić information content (AvgIpc) is 2.61. The highest BCUT2D eigenvalue weighted by molar-refractivity contribution is 5.99. The Morgan fingerprint density at radius 1 is 1.12 bits per heavy atom. The smallest absolute Gasteiger partial charge is 0.345 e. The second kappa shape index (κ2) is 5.96. The number of esters is 1. The maximum atomic E-state index is 12.6. The zero-order valence-corrected chi connectivity index (χ0v) is 12.5. The number of ether oxygens (including phenoxy) is 1. The van der Waals surface area contributed by atoms with Gasteiger partial charge in [-0.15, -0.1) is 0 Å². The fourth-order valence-electron chi connectivity index (χ4n) is 2.37. The second-order valence-corrected chi connectivity index (χ2v) is 4.93. The minimum absolute atomic E-state index is 0.0143. The lowest BCUT2D eigenvalue weighted by molar-refractivity contribution is -0.384. The highest BCUT2D eigenvalue weighted by atomic mass is 16.6. The third kappa shape index (κ3) is 2.52. The molecule has 1 aromatic heterocycles. The van der Waals surface area contributed by atoms with E-state index in [9.17, 15) is 19.7 Å². The van der Waals surface area contributed by atoms with E-state index in [4.69, 9.17) is 4.42 Å². The number of fused-ring (bicyclic) bond motifs is 1. The third-order valence-corrected chi connectivity index (χ3v) is 3.53. The van der Waals surface area contributed by atoms with Gasteiger partial charge in [0.1, 0.15) is 5.58 Å². The molecular weight excluding hydrogens is 314 g/mol. The molecule has 7 heteroatoms. The fraction of sp³-hybridized carbons (Fsp3) is 0.0588. The molecule has 0 amide bonds. The number of carbonyl (C=O) groups is 1. The quantitative estimate of drug-likeness (QED) is 0.416. The van der Waals surface area contributed by atoms with Gasteiger partial charge in [0.15, 0.2) is 11.3 Å². The molecule has 0 spiro atoms. The van der Waals surface area contributed by atoms with Crippen LogP contribution in [-0.2, 0) is 4.74 Å². The molecule has 2 aromatic carbocycles. The molecule has 0 aliphatic carbocycles. The normalized spacial score (nSPS) is 10.5. The summed E-state index contributed by atoms with van der Waals surface area (Å²) in [5.41, 5.74) is -0.198. The zero-order chi connectivity index (χ0) is 17.3. The summed E-state index contributed by atoms with van der Waals surface area (Å²) in [6, 6.07) is 11.9. The number of hydrogen-bond donors (Lipinski definition) is 0. The van der Waals surface area contributed by atoms with Gasteiger partial charge in [0.25, 0.3) is 5.69 Å². The maximum Gasteiger partial charge on any atom is 0.345 e. The molecule has 0 unspecified atom stereocenters. The summed E-state index contributed by atoms with van der Waals surface area (Å²) in [6.07, 6.45) is 0. The van der Waals surface area contributed by atoms with Crippen molar-refractivity contribution in [1.82, 2.24) is 0 Å². The van der Waals surface area contributed by atoms with Crippen molar-refractivity contribution in [1.29, 1.82) is 0 Å². The van der Waals surface area contributed by atoms with Gasteiger partial charge in [-0.3, -0.25) is 14.9 Å². The molecule has 0 saturated carbocycles. The predicted molar refractivity (Wildman–Crippen MR) is 85.9 cm³/mol. The number of methoxy groups -OCH3 is 1. The summed E-state index contributed by atoms with van der Waals surface area (Å²) in [5.74, 6) is -0.816. The van der Waals surface area contributed by atoms with Gasteiger partial charge >= 0.3 is 5.97 Å². The summed E-state index contributed by atoms with van der Waals surface area (Å²) in [6.45, 7) is 0. The van der Waals surface area contributed by atoms with Crippen LogP contribution in [-0.4, -0.2) is 18.0 Å². The minimum atomic E-state index is -0.831. The topological polar surface area (TPSA) is 99.7 Å². The van der Waals surface area contributed by atoms with Crippen molar-refractivity contribution < 1.29 is 18.9 Å². The lowest BCUT2D eigenvalue weighted by Crippen LogP contribution is -2.18. The summed E-state index contributed by atoms with van der Waals surface area (Å²) >= 11 is 0. The van der Waals surface area contributed by atoms with Gasteiger partial charge in [0.2, 0.25) is 5.43 Å². The Bertz CT molecular complexity index is 1000. The van der Waals surface area contributed by atoms with Crippen LogP contribution in [0.3, 0.4) is 0 Å². The SMILES string of the molecule is COC(=O)c1c(-c2ccc([N+](=O)[O-])cc2)oc2ccccc2c1=O. The van der Waals surface area contributed by atoms with E-state index in [1.165, 1.54) is 24.3 Å². The van der Waals surface area contributed by atoms with E-state index in [1.54, 1.807) is 24.3 Å². The second-order valence-electron chi connectivity index (χ2n) is 4.93. The van der Waals surface area contributed by atoms with E-state index >= 15 is 0 Å². The first-order valence-electron chi connectivity index (χ1n) is 6.92. The highest BCUT2D eigenvalue weighted by Gasteiger charge is 2.23. The molecule has 3 rings (SSSR count). The summed E-state index contributed by atoms with van der Waals surface area (Å²) in [5, 5.41) is 11.0.